The Hall–Kier alpha value is -3.74. The Bertz CT molecular complexity index is 1440. The summed E-state index contributed by atoms with van der Waals surface area (Å²) in [7, 11) is -1.75. The molecule has 1 aliphatic rings. The molecule has 3 atom stereocenters. The van der Waals surface area contributed by atoms with Crippen LogP contribution in [0, 0.1) is 27.8 Å². The van der Waals surface area contributed by atoms with Crippen LogP contribution in [-0.2, 0) is 23.4 Å². The normalized spacial score (nSPS) is 19.9. The topological polar surface area (TPSA) is 111 Å². The van der Waals surface area contributed by atoms with Gasteiger partial charge >= 0.3 is 0 Å². The number of benzene rings is 2. The number of carbonyl (C=O) groups excluding carboxylic acids is 1. The largest absolute Gasteiger partial charge is 0.345 e. The monoisotopic (exact) mass is 491 g/mol. The molecule has 7 nitrogen and oxygen atoms in total. The van der Waals surface area contributed by atoms with Gasteiger partial charge in [0.2, 0.25) is 0 Å². The highest BCUT2D eigenvalue weighted by molar-refractivity contribution is 7.90. The minimum Gasteiger partial charge on any atom is -0.345 e. The molecule has 0 spiro atoms. The maximum atomic E-state index is 13.6. The molecule has 0 aliphatic carbocycles. The average Bonchev–Trinajstić information content (AvgIpc) is 3.12. The quantitative estimate of drug-likeness (QED) is 0.458. The Balaban J connectivity index is 1.59. The first-order valence-electron chi connectivity index (χ1n) is 11.2. The highest BCUT2D eigenvalue weighted by Crippen LogP contribution is 2.29. The summed E-state index contributed by atoms with van der Waals surface area (Å²) in [6, 6.07) is 15.3. The summed E-state index contributed by atoms with van der Waals surface area (Å²) >= 11 is 0. The van der Waals surface area contributed by atoms with Crippen molar-refractivity contribution < 1.29 is 13.4 Å². The Labute approximate surface area is 204 Å². The van der Waals surface area contributed by atoms with E-state index in [4.69, 9.17) is 10.0 Å². The lowest BCUT2D eigenvalue weighted by Gasteiger charge is -2.22. The molecule has 3 aromatic rings. The molecule has 4 rings (SSSR count). The fourth-order valence-electron chi connectivity index (χ4n) is 4.19. The SMILES string of the molecule is C[C@@H](CCc1ccccc1)C1C=Cc2c(cn(C)c2C(=O)Nc2ccc(F)c(C#N)c2)S(=N)(=O)N1. The molecular formula is C26H26FN5O2S. The highest BCUT2D eigenvalue weighted by atomic mass is 32.2. The van der Waals surface area contributed by atoms with Gasteiger partial charge in [-0.2, -0.15) is 5.26 Å². The number of anilines is 1. The Morgan fingerprint density at radius 2 is 2.06 bits per heavy atom. The van der Waals surface area contributed by atoms with Gasteiger partial charge in [-0.25, -0.2) is 18.1 Å². The molecule has 0 bridgehead atoms. The van der Waals surface area contributed by atoms with Gasteiger partial charge in [0.25, 0.3) is 5.91 Å². The van der Waals surface area contributed by atoms with Crippen molar-refractivity contribution >= 4 is 27.6 Å². The molecule has 0 saturated carbocycles. The van der Waals surface area contributed by atoms with Crippen molar-refractivity contribution in [3.05, 3.63) is 89.0 Å². The van der Waals surface area contributed by atoms with Crippen LogP contribution in [0.25, 0.3) is 6.08 Å². The van der Waals surface area contributed by atoms with Crippen LogP contribution in [0.5, 0.6) is 0 Å². The molecule has 2 heterocycles. The summed E-state index contributed by atoms with van der Waals surface area (Å²) in [6.45, 7) is 2.05. The van der Waals surface area contributed by atoms with Gasteiger partial charge in [0.05, 0.1) is 10.5 Å². The fourth-order valence-corrected chi connectivity index (χ4v) is 5.79. The van der Waals surface area contributed by atoms with Gasteiger partial charge in [-0.05, 0) is 42.5 Å². The fraction of sp³-hybridized carbons (Fsp3) is 0.231. The lowest BCUT2D eigenvalue weighted by molar-refractivity contribution is 0.101. The van der Waals surface area contributed by atoms with Crippen LogP contribution in [0.3, 0.4) is 0 Å². The number of carbonyl (C=O) groups is 1. The van der Waals surface area contributed by atoms with Crippen LogP contribution in [0.4, 0.5) is 10.1 Å². The van der Waals surface area contributed by atoms with Gasteiger partial charge in [0.15, 0.2) is 0 Å². The van der Waals surface area contributed by atoms with E-state index in [1.54, 1.807) is 19.2 Å². The second-order valence-electron chi connectivity index (χ2n) is 8.69. The molecule has 1 aliphatic heterocycles. The van der Waals surface area contributed by atoms with E-state index in [0.29, 0.717) is 5.56 Å². The summed E-state index contributed by atoms with van der Waals surface area (Å²) in [6.07, 6.45) is 6.82. The minimum atomic E-state index is -3.39. The second-order valence-corrected chi connectivity index (χ2v) is 10.5. The van der Waals surface area contributed by atoms with Crippen molar-refractivity contribution in [1.29, 1.82) is 10.0 Å². The number of amides is 1. The smallest absolute Gasteiger partial charge is 0.272 e. The first-order valence-corrected chi connectivity index (χ1v) is 12.7. The number of rotatable bonds is 6. The number of fused-ring (bicyclic) bond motifs is 1. The van der Waals surface area contributed by atoms with E-state index in [-0.39, 0.29) is 33.8 Å². The number of hydrogen-bond donors (Lipinski definition) is 3. The molecule has 0 saturated heterocycles. The zero-order valence-electron chi connectivity index (χ0n) is 19.4. The van der Waals surface area contributed by atoms with Crippen LogP contribution in [-0.4, -0.2) is 20.7 Å². The van der Waals surface area contributed by atoms with Crippen LogP contribution in [0.15, 0.2) is 65.7 Å². The highest BCUT2D eigenvalue weighted by Gasteiger charge is 2.30. The summed E-state index contributed by atoms with van der Waals surface area (Å²) in [5.74, 6) is -1.09. The van der Waals surface area contributed by atoms with Crippen LogP contribution < -0.4 is 10.0 Å². The van der Waals surface area contributed by atoms with Crippen molar-refractivity contribution in [2.24, 2.45) is 13.0 Å². The number of nitrogens with one attached hydrogen (secondary N) is 3. The minimum absolute atomic E-state index is 0.0938. The Morgan fingerprint density at radius 1 is 1.31 bits per heavy atom. The van der Waals surface area contributed by atoms with E-state index in [2.05, 4.69) is 22.2 Å². The number of nitrogens with zero attached hydrogens (tertiary/aromatic N) is 2. The molecule has 0 fully saturated rings. The van der Waals surface area contributed by atoms with Gasteiger partial charge in [-0.3, -0.25) is 4.79 Å². The molecule has 9 heteroatoms. The zero-order chi connectivity index (χ0) is 25.2. The molecular weight excluding hydrogens is 465 g/mol. The number of hydrogen-bond acceptors (Lipinski definition) is 4. The summed E-state index contributed by atoms with van der Waals surface area (Å²) in [4.78, 5) is 13.4. The van der Waals surface area contributed by atoms with E-state index in [1.807, 2.05) is 31.2 Å². The molecule has 180 valence electrons. The Kier molecular flexibility index (Phi) is 6.87. The standard InChI is InChI=1S/C26H26FN5O2S/c1-17(8-9-18-6-4-3-5-7-18)23-13-11-21-24(35(29,34)31-23)16-32(2)25(21)26(33)30-20-10-12-22(27)19(14-20)15-28/h3-7,10-14,16-17,23H,8-9H2,1-2H3,(H,30,33)(H2,29,31,34)/t17-,23?,35?/m0/s1. The van der Waals surface area contributed by atoms with Crippen molar-refractivity contribution in [3.63, 3.8) is 0 Å². The maximum Gasteiger partial charge on any atom is 0.272 e. The third-order valence-electron chi connectivity index (χ3n) is 6.17. The first kappa shape index (κ1) is 24.4. The number of aromatic nitrogens is 1. The average molecular weight is 492 g/mol. The second kappa shape index (κ2) is 9.86. The van der Waals surface area contributed by atoms with E-state index < -0.39 is 21.6 Å². The van der Waals surface area contributed by atoms with E-state index >= 15 is 0 Å². The maximum absolute atomic E-state index is 13.6. The van der Waals surface area contributed by atoms with E-state index in [1.165, 1.54) is 28.5 Å². The third-order valence-corrected chi connectivity index (χ3v) is 7.72. The predicted molar refractivity (Wildman–Crippen MR) is 133 cm³/mol. The van der Waals surface area contributed by atoms with Crippen LogP contribution in [0.2, 0.25) is 0 Å². The molecule has 1 aromatic heterocycles. The molecule has 1 amide bonds. The van der Waals surface area contributed by atoms with Gasteiger partial charge in [-0.15, -0.1) is 0 Å². The van der Waals surface area contributed by atoms with E-state index in [9.17, 15) is 13.4 Å². The summed E-state index contributed by atoms with van der Waals surface area (Å²) in [5, 5.41) is 11.7. The zero-order valence-corrected chi connectivity index (χ0v) is 20.2. The van der Waals surface area contributed by atoms with Crippen molar-refractivity contribution in [2.45, 2.75) is 30.7 Å². The molecule has 35 heavy (non-hydrogen) atoms. The number of halogens is 1. The molecule has 2 aromatic carbocycles. The van der Waals surface area contributed by atoms with Gasteiger partial charge in [0.1, 0.15) is 27.5 Å². The third kappa shape index (κ3) is 5.19. The van der Waals surface area contributed by atoms with E-state index in [0.717, 1.165) is 18.9 Å². The van der Waals surface area contributed by atoms with Crippen molar-refractivity contribution in [2.75, 3.05) is 5.32 Å². The van der Waals surface area contributed by atoms with Gasteiger partial charge in [0, 0.05) is 30.5 Å². The lowest BCUT2D eigenvalue weighted by Crippen LogP contribution is -2.36. The first-order chi connectivity index (χ1) is 16.7. The van der Waals surface area contributed by atoms with Crippen LogP contribution >= 0.6 is 0 Å². The summed E-state index contributed by atoms with van der Waals surface area (Å²) < 4.78 is 40.1. The molecule has 0 radical (unpaired) electrons. The van der Waals surface area contributed by atoms with Crippen molar-refractivity contribution in [3.8, 4) is 6.07 Å². The van der Waals surface area contributed by atoms with Gasteiger partial charge in [-0.1, -0.05) is 49.4 Å². The van der Waals surface area contributed by atoms with Crippen molar-refractivity contribution in [1.82, 2.24) is 9.29 Å². The number of aryl methyl sites for hydroxylation is 2. The predicted octanol–water partition coefficient (Wildman–Crippen LogP) is 4.86. The summed E-state index contributed by atoms with van der Waals surface area (Å²) in [5.41, 5.74) is 1.92. The number of nitriles is 1. The molecule has 2 unspecified atom stereocenters. The molecule has 3 N–H and O–H groups in total. The lowest BCUT2D eigenvalue weighted by atomic mass is 9.94. The van der Waals surface area contributed by atoms with Crippen LogP contribution in [0.1, 0.15) is 40.5 Å². The van der Waals surface area contributed by atoms with Gasteiger partial charge < -0.3 is 9.88 Å². The Morgan fingerprint density at radius 3 is 2.77 bits per heavy atom.